The number of rotatable bonds is 5. The largest absolute Gasteiger partial charge is 0.416 e. The van der Waals surface area contributed by atoms with Crippen molar-refractivity contribution in [2.75, 3.05) is 26.2 Å². The molecule has 2 amide bonds. The van der Waals surface area contributed by atoms with Gasteiger partial charge in [-0.25, -0.2) is 0 Å². The monoisotopic (exact) mass is 381 g/mol. The summed E-state index contributed by atoms with van der Waals surface area (Å²) >= 11 is 0. The first kappa shape index (κ1) is 19.4. The van der Waals surface area contributed by atoms with Crippen LogP contribution in [0.3, 0.4) is 0 Å². The van der Waals surface area contributed by atoms with Crippen molar-refractivity contribution in [1.29, 1.82) is 0 Å². The van der Waals surface area contributed by atoms with E-state index in [0.717, 1.165) is 37.2 Å². The van der Waals surface area contributed by atoms with E-state index in [1.165, 1.54) is 11.0 Å². The molecule has 2 heterocycles. The Morgan fingerprint density at radius 1 is 1.33 bits per heavy atom. The fourth-order valence-corrected chi connectivity index (χ4v) is 3.34. The Labute approximate surface area is 155 Å². The van der Waals surface area contributed by atoms with E-state index >= 15 is 0 Å². The Balaban J connectivity index is 1.55. The van der Waals surface area contributed by atoms with Crippen LogP contribution < -0.4 is 10.6 Å². The average molecular weight is 381 g/mol. The molecule has 5 nitrogen and oxygen atoms in total. The number of halogens is 3. The Morgan fingerprint density at radius 2 is 2.15 bits per heavy atom. The van der Waals surface area contributed by atoms with E-state index in [9.17, 15) is 22.8 Å². The molecule has 1 atom stereocenters. The van der Waals surface area contributed by atoms with Gasteiger partial charge in [0.25, 0.3) is 0 Å². The first-order valence-corrected chi connectivity index (χ1v) is 8.93. The Kier molecular flexibility index (Phi) is 5.84. The number of hydrogen-bond donors (Lipinski definition) is 2. The van der Waals surface area contributed by atoms with E-state index in [-0.39, 0.29) is 31.3 Å². The van der Waals surface area contributed by atoms with Gasteiger partial charge in [0.05, 0.1) is 11.5 Å². The van der Waals surface area contributed by atoms with Crippen LogP contribution in [0.2, 0.25) is 0 Å². The second-order valence-electron chi connectivity index (χ2n) is 6.91. The minimum absolute atomic E-state index is 0.0728. The van der Waals surface area contributed by atoms with Crippen LogP contribution in [0, 0.1) is 5.92 Å². The highest BCUT2D eigenvalue weighted by molar-refractivity contribution is 5.89. The summed E-state index contributed by atoms with van der Waals surface area (Å²) in [4.78, 5) is 26.0. The number of nitrogens with zero attached hydrogens (tertiary/aromatic N) is 1. The summed E-state index contributed by atoms with van der Waals surface area (Å²) in [5.41, 5.74) is 0.822. The van der Waals surface area contributed by atoms with Crippen molar-refractivity contribution in [3.05, 3.63) is 47.0 Å². The van der Waals surface area contributed by atoms with Crippen molar-refractivity contribution in [2.45, 2.75) is 25.6 Å². The molecular formula is C19H22F3N3O2. The molecule has 0 saturated carbocycles. The third-order valence-corrected chi connectivity index (χ3v) is 4.86. The second kappa shape index (κ2) is 8.12. The van der Waals surface area contributed by atoms with Gasteiger partial charge in [-0.1, -0.05) is 23.8 Å². The fraction of sp³-hybridized carbons (Fsp3) is 0.474. The molecule has 0 bridgehead atoms. The molecule has 1 fully saturated rings. The molecule has 2 aliphatic rings. The van der Waals surface area contributed by atoms with Crippen molar-refractivity contribution in [2.24, 2.45) is 5.92 Å². The molecule has 3 rings (SSSR count). The van der Waals surface area contributed by atoms with Crippen LogP contribution >= 0.6 is 0 Å². The number of likely N-dealkylation sites (tertiary alicyclic amines) is 1. The summed E-state index contributed by atoms with van der Waals surface area (Å²) < 4.78 is 38.5. The van der Waals surface area contributed by atoms with Crippen LogP contribution in [0.5, 0.6) is 0 Å². The standard InChI is InChI=1S/C19H22F3N3O2/c20-19(21,22)16-3-1-2-14(8-16)11-25-12-15(9-17(25)26)18(27)24-10-13-4-6-23-7-5-13/h1-4,8,15,23H,5-7,9-12H2,(H,24,27). The summed E-state index contributed by atoms with van der Waals surface area (Å²) in [7, 11) is 0. The third-order valence-electron chi connectivity index (χ3n) is 4.86. The molecule has 8 heteroatoms. The van der Waals surface area contributed by atoms with Gasteiger partial charge >= 0.3 is 6.18 Å². The predicted molar refractivity (Wildman–Crippen MR) is 93.5 cm³/mol. The number of alkyl halides is 3. The number of carbonyl (C=O) groups excluding carboxylic acids is 2. The van der Waals surface area contributed by atoms with Gasteiger partial charge in [0, 0.05) is 32.6 Å². The van der Waals surface area contributed by atoms with Crippen molar-refractivity contribution in [1.82, 2.24) is 15.5 Å². The van der Waals surface area contributed by atoms with Crippen molar-refractivity contribution in [3.8, 4) is 0 Å². The topological polar surface area (TPSA) is 61.4 Å². The Hall–Kier alpha value is -2.35. The molecule has 0 aromatic heterocycles. The van der Waals surface area contributed by atoms with Crippen LogP contribution in [0.25, 0.3) is 0 Å². The highest BCUT2D eigenvalue weighted by atomic mass is 19.4. The lowest BCUT2D eigenvalue weighted by Crippen LogP contribution is -2.35. The van der Waals surface area contributed by atoms with Crippen LogP contribution in [0.1, 0.15) is 24.0 Å². The van der Waals surface area contributed by atoms with Crippen LogP contribution in [0.15, 0.2) is 35.9 Å². The fourth-order valence-electron chi connectivity index (χ4n) is 3.34. The second-order valence-corrected chi connectivity index (χ2v) is 6.91. The summed E-state index contributed by atoms with van der Waals surface area (Å²) in [6.45, 7) is 2.44. The Bertz CT molecular complexity index is 746. The van der Waals surface area contributed by atoms with Crippen molar-refractivity contribution in [3.63, 3.8) is 0 Å². The van der Waals surface area contributed by atoms with Crippen molar-refractivity contribution >= 4 is 11.8 Å². The molecule has 1 aromatic rings. The SMILES string of the molecule is O=C(NCC1=CCNCC1)C1CC(=O)N(Cc2cccc(C(F)(F)F)c2)C1. The molecule has 146 valence electrons. The third kappa shape index (κ3) is 5.09. The van der Waals surface area contributed by atoms with Gasteiger partial charge in [-0.05, 0) is 30.7 Å². The minimum Gasteiger partial charge on any atom is -0.352 e. The van der Waals surface area contributed by atoms with E-state index in [4.69, 9.17) is 0 Å². The van der Waals surface area contributed by atoms with Gasteiger partial charge in [-0.3, -0.25) is 9.59 Å². The molecule has 0 radical (unpaired) electrons. The molecule has 0 spiro atoms. The van der Waals surface area contributed by atoms with Gasteiger partial charge in [0.2, 0.25) is 11.8 Å². The molecule has 2 N–H and O–H groups in total. The van der Waals surface area contributed by atoms with Crippen LogP contribution in [-0.4, -0.2) is 42.9 Å². The summed E-state index contributed by atoms with van der Waals surface area (Å²) in [5, 5.41) is 6.06. The summed E-state index contributed by atoms with van der Waals surface area (Å²) in [5.74, 6) is -0.867. The highest BCUT2D eigenvalue weighted by Gasteiger charge is 2.35. The molecule has 1 saturated heterocycles. The van der Waals surface area contributed by atoms with Gasteiger partial charge in [-0.15, -0.1) is 0 Å². The predicted octanol–water partition coefficient (Wildman–Crippen LogP) is 2.09. The highest BCUT2D eigenvalue weighted by Crippen LogP contribution is 2.30. The Morgan fingerprint density at radius 3 is 2.85 bits per heavy atom. The normalized spacial score (nSPS) is 20.6. The van der Waals surface area contributed by atoms with E-state index in [0.29, 0.717) is 12.1 Å². The molecule has 0 aliphatic carbocycles. The minimum atomic E-state index is -4.42. The van der Waals surface area contributed by atoms with Gasteiger partial charge in [-0.2, -0.15) is 13.2 Å². The summed E-state index contributed by atoms with van der Waals surface area (Å²) in [6.07, 6.45) is -1.41. The summed E-state index contributed by atoms with van der Waals surface area (Å²) in [6, 6.07) is 4.93. The van der Waals surface area contributed by atoms with Gasteiger partial charge in [0.1, 0.15) is 0 Å². The number of amides is 2. The average Bonchev–Trinajstić information content (AvgIpc) is 3.01. The van der Waals surface area contributed by atoms with E-state index in [1.54, 1.807) is 6.07 Å². The zero-order valence-corrected chi connectivity index (χ0v) is 14.8. The van der Waals surface area contributed by atoms with Gasteiger partial charge in [0.15, 0.2) is 0 Å². The first-order valence-electron chi connectivity index (χ1n) is 8.93. The zero-order valence-electron chi connectivity index (χ0n) is 14.8. The maximum atomic E-state index is 12.8. The molecule has 2 aliphatic heterocycles. The molecule has 1 unspecified atom stereocenters. The first-order chi connectivity index (χ1) is 12.8. The van der Waals surface area contributed by atoms with E-state index in [1.807, 2.05) is 6.08 Å². The number of carbonyl (C=O) groups is 2. The maximum absolute atomic E-state index is 12.8. The maximum Gasteiger partial charge on any atom is 0.416 e. The zero-order chi connectivity index (χ0) is 19.4. The molecule has 27 heavy (non-hydrogen) atoms. The lowest BCUT2D eigenvalue weighted by molar-refractivity contribution is -0.137. The van der Waals surface area contributed by atoms with Crippen molar-refractivity contribution < 1.29 is 22.8 Å². The molecular weight excluding hydrogens is 359 g/mol. The lowest BCUT2D eigenvalue weighted by atomic mass is 10.1. The number of hydrogen-bond acceptors (Lipinski definition) is 3. The number of benzene rings is 1. The van der Waals surface area contributed by atoms with Crippen LogP contribution in [-0.2, 0) is 22.3 Å². The molecule has 1 aromatic carbocycles. The quantitative estimate of drug-likeness (QED) is 0.768. The lowest BCUT2D eigenvalue weighted by Gasteiger charge is -2.18. The van der Waals surface area contributed by atoms with Gasteiger partial charge < -0.3 is 15.5 Å². The van der Waals surface area contributed by atoms with E-state index in [2.05, 4.69) is 10.6 Å². The van der Waals surface area contributed by atoms with Crippen LogP contribution in [0.4, 0.5) is 13.2 Å². The number of nitrogens with one attached hydrogen (secondary N) is 2. The van der Waals surface area contributed by atoms with E-state index < -0.39 is 17.7 Å². The smallest absolute Gasteiger partial charge is 0.352 e.